The van der Waals surface area contributed by atoms with Crippen LogP contribution >= 0.6 is 24.0 Å². The van der Waals surface area contributed by atoms with E-state index in [4.69, 9.17) is 0 Å². The van der Waals surface area contributed by atoms with Gasteiger partial charge in [-0.25, -0.2) is 4.99 Å². The fourth-order valence-electron chi connectivity index (χ4n) is 2.01. The normalized spacial score (nSPS) is 15.1. The number of hydrogen-bond donors (Lipinski definition) is 1. The number of nitrogens with one attached hydrogen (secondary N) is 1. The minimum atomic E-state index is -0.0758. The highest BCUT2D eigenvalue weighted by Crippen LogP contribution is 2.04. The summed E-state index contributed by atoms with van der Waals surface area (Å²) in [6.07, 6.45) is 0. The minimum absolute atomic E-state index is 0. The van der Waals surface area contributed by atoms with Crippen LogP contribution < -0.4 is 5.32 Å². The van der Waals surface area contributed by atoms with Gasteiger partial charge in [0, 0.05) is 40.3 Å². The first-order valence-corrected chi connectivity index (χ1v) is 7.50. The third-order valence-electron chi connectivity index (χ3n) is 3.41. The number of carbonyl (C=O) groups is 2. The molecule has 0 bridgehead atoms. The lowest BCUT2D eigenvalue weighted by molar-refractivity contribution is -0.134. The van der Waals surface area contributed by atoms with Gasteiger partial charge in [-0.1, -0.05) is 12.2 Å². The maximum atomic E-state index is 12.0. The Labute approximate surface area is 155 Å². The molecular weight excluding hydrogens is 409 g/mol. The van der Waals surface area contributed by atoms with Crippen LogP contribution in [0, 0.1) is 0 Å². The van der Waals surface area contributed by atoms with Crippen molar-refractivity contribution in [1.29, 1.82) is 0 Å². The fourth-order valence-corrected chi connectivity index (χ4v) is 2.01. The molecule has 1 rings (SSSR count). The number of carbonyl (C=O) groups excluding carboxylic acids is 2. The van der Waals surface area contributed by atoms with Crippen LogP contribution in [-0.2, 0) is 9.59 Å². The molecule has 7 nitrogen and oxygen atoms in total. The Hall–Kier alpha value is -1.32. The van der Waals surface area contributed by atoms with Gasteiger partial charge in [0.05, 0.1) is 6.54 Å². The van der Waals surface area contributed by atoms with E-state index in [1.165, 1.54) is 4.90 Å². The first kappa shape index (κ1) is 21.7. The van der Waals surface area contributed by atoms with Crippen LogP contribution in [0.2, 0.25) is 0 Å². The number of piperazine rings is 1. The Bertz CT molecular complexity index is 465. The molecule has 0 aliphatic carbocycles. The topological polar surface area (TPSA) is 68.2 Å². The van der Waals surface area contributed by atoms with Gasteiger partial charge in [-0.2, -0.15) is 0 Å². The summed E-state index contributed by atoms with van der Waals surface area (Å²) in [6, 6.07) is 0. The average molecular weight is 437 g/mol. The van der Waals surface area contributed by atoms with Crippen molar-refractivity contribution < 1.29 is 9.59 Å². The van der Waals surface area contributed by atoms with Crippen LogP contribution in [0.3, 0.4) is 0 Å². The Morgan fingerprint density at radius 2 is 2.04 bits per heavy atom. The number of nitrogens with zero attached hydrogens (tertiary/aromatic N) is 4. The SMILES string of the molecule is C=C(C)CNC(=NCC(=O)N(C)C)N1CCN(CC)C(=O)C1.I. The van der Waals surface area contributed by atoms with E-state index < -0.39 is 0 Å². The summed E-state index contributed by atoms with van der Waals surface area (Å²) in [5, 5.41) is 3.17. The number of amides is 2. The summed E-state index contributed by atoms with van der Waals surface area (Å²) in [4.78, 5) is 33.3. The van der Waals surface area contributed by atoms with Gasteiger partial charge < -0.3 is 20.0 Å². The molecule has 1 fully saturated rings. The van der Waals surface area contributed by atoms with Crippen molar-refractivity contribution in [3.63, 3.8) is 0 Å². The standard InChI is InChI=1S/C15H27N5O2.HI/c1-6-19-7-8-20(11-14(19)22)15(16-9-12(2)3)17-10-13(21)18(4)5;/h2,6-11H2,1,3-5H3,(H,16,17);1H. The molecule has 0 aromatic rings. The lowest BCUT2D eigenvalue weighted by Gasteiger charge is -2.35. The summed E-state index contributed by atoms with van der Waals surface area (Å²) >= 11 is 0. The van der Waals surface area contributed by atoms with Crippen LogP contribution in [0.1, 0.15) is 13.8 Å². The molecule has 0 spiro atoms. The lowest BCUT2D eigenvalue weighted by Crippen LogP contribution is -2.55. The van der Waals surface area contributed by atoms with E-state index in [9.17, 15) is 9.59 Å². The van der Waals surface area contributed by atoms with Gasteiger partial charge in [0.15, 0.2) is 5.96 Å². The van der Waals surface area contributed by atoms with Crippen molar-refractivity contribution in [3.05, 3.63) is 12.2 Å². The van der Waals surface area contributed by atoms with Gasteiger partial charge in [0.2, 0.25) is 11.8 Å². The largest absolute Gasteiger partial charge is 0.352 e. The van der Waals surface area contributed by atoms with E-state index in [1.807, 2.05) is 23.6 Å². The van der Waals surface area contributed by atoms with Gasteiger partial charge in [-0.3, -0.25) is 9.59 Å². The number of aliphatic imine (C=N–C) groups is 1. The number of rotatable bonds is 5. The Balaban J connectivity index is 0.00000484. The third kappa shape index (κ3) is 7.19. The summed E-state index contributed by atoms with van der Waals surface area (Å²) in [5.74, 6) is 0.591. The van der Waals surface area contributed by atoms with Crippen molar-refractivity contribution in [3.8, 4) is 0 Å². The summed E-state index contributed by atoms with van der Waals surface area (Å²) in [6.45, 7) is 10.7. The van der Waals surface area contributed by atoms with Crippen molar-refractivity contribution in [2.75, 3.05) is 53.4 Å². The molecule has 23 heavy (non-hydrogen) atoms. The molecule has 0 atom stereocenters. The Kier molecular flexibility index (Phi) is 9.85. The third-order valence-corrected chi connectivity index (χ3v) is 3.41. The molecule has 0 aromatic heterocycles. The van der Waals surface area contributed by atoms with Crippen molar-refractivity contribution in [2.24, 2.45) is 4.99 Å². The van der Waals surface area contributed by atoms with Gasteiger partial charge in [0.1, 0.15) is 6.54 Å². The van der Waals surface area contributed by atoms with Gasteiger partial charge >= 0.3 is 0 Å². The molecule has 1 aliphatic heterocycles. The van der Waals surface area contributed by atoms with Crippen LogP contribution in [0.4, 0.5) is 0 Å². The summed E-state index contributed by atoms with van der Waals surface area (Å²) in [5.41, 5.74) is 0.963. The maximum Gasteiger partial charge on any atom is 0.243 e. The second-order valence-electron chi connectivity index (χ2n) is 5.63. The first-order valence-electron chi connectivity index (χ1n) is 7.50. The second kappa shape index (κ2) is 10.5. The van der Waals surface area contributed by atoms with E-state index in [1.54, 1.807) is 14.1 Å². The maximum absolute atomic E-state index is 12.0. The predicted molar refractivity (Wildman–Crippen MR) is 103 cm³/mol. The highest BCUT2D eigenvalue weighted by Gasteiger charge is 2.25. The van der Waals surface area contributed by atoms with Gasteiger partial charge in [-0.05, 0) is 13.8 Å². The lowest BCUT2D eigenvalue weighted by atomic mass is 10.3. The van der Waals surface area contributed by atoms with E-state index in [2.05, 4.69) is 16.9 Å². The Morgan fingerprint density at radius 1 is 1.39 bits per heavy atom. The summed E-state index contributed by atoms with van der Waals surface area (Å²) < 4.78 is 0. The molecule has 0 unspecified atom stereocenters. The summed E-state index contributed by atoms with van der Waals surface area (Å²) in [7, 11) is 3.39. The van der Waals surface area contributed by atoms with E-state index in [0.717, 1.165) is 12.1 Å². The molecule has 1 saturated heterocycles. The Morgan fingerprint density at radius 3 is 2.52 bits per heavy atom. The quantitative estimate of drug-likeness (QED) is 0.292. The number of halogens is 1. The molecule has 1 N–H and O–H groups in total. The molecule has 0 saturated carbocycles. The molecular formula is C15H28IN5O2. The van der Waals surface area contributed by atoms with Crippen molar-refractivity contribution >= 4 is 41.8 Å². The van der Waals surface area contributed by atoms with Gasteiger partial charge in [0.25, 0.3) is 0 Å². The molecule has 1 heterocycles. The number of likely N-dealkylation sites (N-methyl/N-ethyl adjacent to an activating group) is 2. The highest BCUT2D eigenvalue weighted by molar-refractivity contribution is 14.0. The van der Waals surface area contributed by atoms with Crippen LogP contribution in [0.15, 0.2) is 17.1 Å². The first-order chi connectivity index (χ1) is 10.3. The molecule has 0 aromatic carbocycles. The molecule has 8 heteroatoms. The van der Waals surface area contributed by atoms with Crippen molar-refractivity contribution in [2.45, 2.75) is 13.8 Å². The molecule has 2 amide bonds. The minimum Gasteiger partial charge on any atom is -0.352 e. The van der Waals surface area contributed by atoms with E-state index in [-0.39, 0.29) is 48.9 Å². The van der Waals surface area contributed by atoms with E-state index >= 15 is 0 Å². The zero-order valence-corrected chi connectivity index (χ0v) is 16.8. The molecule has 1 aliphatic rings. The second-order valence-corrected chi connectivity index (χ2v) is 5.63. The zero-order valence-electron chi connectivity index (χ0n) is 14.5. The molecule has 0 radical (unpaired) electrons. The number of hydrogen-bond acceptors (Lipinski definition) is 3. The monoisotopic (exact) mass is 437 g/mol. The van der Waals surface area contributed by atoms with Crippen molar-refractivity contribution in [1.82, 2.24) is 20.0 Å². The van der Waals surface area contributed by atoms with Crippen LogP contribution in [0.25, 0.3) is 0 Å². The average Bonchev–Trinajstić information content (AvgIpc) is 2.46. The smallest absolute Gasteiger partial charge is 0.243 e. The number of guanidine groups is 1. The zero-order chi connectivity index (χ0) is 16.7. The van der Waals surface area contributed by atoms with E-state index in [0.29, 0.717) is 25.6 Å². The highest BCUT2D eigenvalue weighted by atomic mass is 127. The predicted octanol–water partition coefficient (Wildman–Crippen LogP) is 0.378. The van der Waals surface area contributed by atoms with Crippen LogP contribution in [0.5, 0.6) is 0 Å². The fraction of sp³-hybridized carbons (Fsp3) is 0.667. The van der Waals surface area contributed by atoms with Crippen LogP contribution in [-0.4, -0.2) is 85.8 Å². The van der Waals surface area contributed by atoms with Gasteiger partial charge in [-0.15, -0.1) is 24.0 Å². The molecule has 132 valence electrons.